The number of hydrogen-bond acceptors (Lipinski definition) is 4. The molecule has 0 saturated heterocycles. The van der Waals surface area contributed by atoms with E-state index in [9.17, 15) is 4.79 Å². The van der Waals surface area contributed by atoms with E-state index in [1.54, 1.807) is 0 Å². The molecule has 0 fully saturated rings. The van der Waals surface area contributed by atoms with E-state index in [0.717, 1.165) is 24.2 Å². The number of hydrogen-bond donors (Lipinski definition) is 1. The highest BCUT2D eigenvalue weighted by atomic mass is 16.5. The SMILES string of the molecule is CCCCOc1ccc(-c2cnc(C(=O)O)o2)cc1. The van der Waals surface area contributed by atoms with Crippen molar-refractivity contribution >= 4 is 5.97 Å². The summed E-state index contributed by atoms with van der Waals surface area (Å²) in [7, 11) is 0. The van der Waals surface area contributed by atoms with Crippen LogP contribution < -0.4 is 4.74 Å². The molecule has 1 aromatic heterocycles. The standard InChI is InChI=1S/C14H15NO4/c1-2-3-8-18-11-6-4-10(5-7-11)12-9-15-13(19-12)14(16)17/h4-7,9H,2-3,8H2,1H3,(H,16,17). The van der Waals surface area contributed by atoms with Gasteiger partial charge in [-0.05, 0) is 30.7 Å². The van der Waals surface area contributed by atoms with E-state index in [2.05, 4.69) is 11.9 Å². The Balaban J connectivity index is 2.06. The topological polar surface area (TPSA) is 72.6 Å². The zero-order chi connectivity index (χ0) is 13.7. The van der Waals surface area contributed by atoms with E-state index in [1.165, 1.54) is 6.20 Å². The van der Waals surface area contributed by atoms with Crippen LogP contribution in [0.1, 0.15) is 30.5 Å². The van der Waals surface area contributed by atoms with Crippen molar-refractivity contribution in [2.75, 3.05) is 6.61 Å². The van der Waals surface area contributed by atoms with Crippen molar-refractivity contribution in [3.05, 3.63) is 36.4 Å². The summed E-state index contributed by atoms with van der Waals surface area (Å²) in [4.78, 5) is 14.3. The highest BCUT2D eigenvalue weighted by molar-refractivity contribution is 5.82. The molecule has 0 radical (unpaired) electrons. The first-order valence-electron chi connectivity index (χ1n) is 6.13. The minimum atomic E-state index is -1.18. The Morgan fingerprint density at radius 3 is 2.68 bits per heavy atom. The second-order valence-electron chi connectivity index (χ2n) is 4.06. The number of ether oxygens (including phenoxy) is 1. The molecule has 0 bridgehead atoms. The molecule has 1 heterocycles. The molecule has 0 aliphatic rings. The maximum absolute atomic E-state index is 10.7. The number of carboxylic acids is 1. The van der Waals surface area contributed by atoms with Crippen molar-refractivity contribution in [1.29, 1.82) is 0 Å². The lowest BCUT2D eigenvalue weighted by molar-refractivity contribution is 0.0654. The van der Waals surface area contributed by atoms with Gasteiger partial charge in [0.2, 0.25) is 0 Å². The number of aromatic nitrogens is 1. The second-order valence-corrected chi connectivity index (χ2v) is 4.06. The van der Waals surface area contributed by atoms with Gasteiger partial charge in [0.1, 0.15) is 5.75 Å². The van der Waals surface area contributed by atoms with Crippen LogP contribution in [-0.4, -0.2) is 22.7 Å². The number of benzene rings is 1. The molecule has 5 heteroatoms. The highest BCUT2D eigenvalue weighted by Crippen LogP contribution is 2.23. The zero-order valence-corrected chi connectivity index (χ0v) is 10.6. The molecule has 0 aliphatic carbocycles. The molecule has 19 heavy (non-hydrogen) atoms. The molecule has 2 rings (SSSR count). The number of carbonyl (C=O) groups is 1. The summed E-state index contributed by atoms with van der Waals surface area (Å²) in [5, 5.41) is 8.73. The van der Waals surface area contributed by atoms with Gasteiger partial charge in [0.15, 0.2) is 5.76 Å². The molecule has 0 amide bonds. The normalized spacial score (nSPS) is 10.4. The van der Waals surface area contributed by atoms with Crippen LogP contribution in [0, 0.1) is 0 Å². The fraction of sp³-hybridized carbons (Fsp3) is 0.286. The third-order valence-corrected chi connectivity index (χ3v) is 2.59. The van der Waals surface area contributed by atoms with Crippen LogP contribution in [0.3, 0.4) is 0 Å². The van der Waals surface area contributed by atoms with Crippen LogP contribution in [0.5, 0.6) is 5.75 Å². The fourth-order valence-corrected chi connectivity index (χ4v) is 1.56. The van der Waals surface area contributed by atoms with E-state index >= 15 is 0 Å². The Hall–Kier alpha value is -2.30. The average molecular weight is 261 g/mol. The smallest absolute Gasteiger partial charge is 0.392 e. The van der Waals surface area contributed by atoms with E-state index in [0.29, 0.717) is 12.4 Å². The van der Waals surface area contributed by atoms with E-state index in [1.807, 2.05) is 24.3 Å². The Morgan fingerprint density at radius 1 is 1.37 bits per heavy atom. The maximum atomic E-state index is 10.7. The molecular weight excluding hydrogens is 246 g/mol. The van der Waals surface area contributed by atoms with Gasteiger partial charge in [-0.25, -0.2) is 9.78 Å². The van der Waals surface area contributed by atoms with Crippen LogP contribution in [0.15, 0.2) is 34.9 Å². The van der Waals surface area contributed by atoms with Crippen LogP contribution >= 0.6 is 0 Å². The molecule has 2 aromatic rings. The quantitative estimate of drug-likeness (QED) is 0.808. The largest absolute Gasteiger partial charge is 0.494 e. The number of carboxylic acid groups (broad SMARTS) is 1. The monoisotopic (exact) mass is 261 g/mol. The summed E-state index contributed by atoms with van der Waals surface area (Å²) in [6, 6.07) is 7.28. The molecule has 0 atom stereocenters. The van der Waals surface area contributed by atoms with Gasteiger partial charge in [0.25, 0.3) is 0 Å². The molecular formula is C14H15NO4. The average Bonchev–Trinajstić information content (AvgIpc) is 2.90. The van der Waals surface area contributed by atoms with E-state index < -0.39 is 5.97 Å². The van der Waals surface area contributed by atoms with Crippen molar-refractivity contribution in [2.24, 2.45) is 0 Å². The Bertz CT molecular complexity index is 545. The first kappa shape index (κ1) is 13.1. The van der Waals surface area contributed by atoms with Crippen LogP contribution in [0.25, 0.3) is 11.3 Å². The fourth-order valence-electron chi connectivity index (χ4n) is 1.56. The molecule has 0 spiro atoms. The lowest BCUT2D eigenvalue weighted by Gasteiger charge is -2.05. The van der Waals surface area contributed by atoms with Gasteiger partial charge in [-0.3, -0.25) is 0 Å². The van der Waals surface area contributed by atoms with E-state index in [4.69, 9.17) is 14.3 Å². The summed E-state index contributed by atoms with van der Waals surface area (Å²) < 4.78 is 10.7. The van der Waals surface area contributed by atoms with Gasteiger partial charge in [-0.15, -0.1) is 0 Å². The van der Waals surface area contributed by atoms with Crippen molar-refractivity contribution in [1.82, 2.24) is 4.98 Å². The van der Waals surface area contributed by atoms with Crippen LogP contribution in [0.2, 0.25) is 0 Å². The van der Waals surface area contributed by atoms with Crippen molar-refractivity contribution in [3.8, 4) is 17.1 Å². The second kappa shape index (κ2) is 6.04. The predicted octanol–water partition coefficient (Wildman–Crippen LogP) is 3.22. The van der Waals surface area contributed by atoms with Gasteiger partial charge in [-0.2, -0.15) is 0 Å². The summed E-state index contributed by atoms with van der Waals surface area (Å²) in [5.74, 6) is -0.267. The Kier molecular flexibility index (Phi) is 4.18. The van der Waals surface area contributed by atoms with Crippen molar-refractivity contribution < 1.29 is 19.1 Å². The minimum absolute atomic E-state index is 0.307. The van der Waals surface area contributed by atoms with Gasteiger partial charge >= 0.3 is 11.9 Å². The first-order valence-corrected chi connectivity index (χ1v) is 6.13. The van der Waals surface area contributed by atoms with Crippen molar-refractivity contribution in [2.45, 2.75) is 19.8 Å². The van der Waals surface area contributed by atoms with Crippen LogP contribution in [-0.2, 0) is 0 Å². The Morgan fingerprint density at radius 2 is 2.11 bits per heavy atom. The molecule has 1 N–H and O–H groups in total. The number of unbranched alkanes of at least 4 members (excludes halogenated alkanes) is 1. The van der Waals surface area contributed by atoms with Gasteiger partial charge < -0.3 is 14.3 Å². The van der Waals surface area contributed by atoms with Gasteiger partial charge in [-0.1, -0.05) is 13.3 Å². The predicted molar refractivity (Wildman–Crippen MR) is 69.3 cm³/mol. The number of rotatable bonds is 6. The molecule has 5 nitrogen and oxygen atoms in total. The van der Waals surface area contributed by atoms with Crippen molar-refractivity contribution in [3.63, 3.8) is 0 Å². The molecule has 0 aliphatic heterocycles. The maximum Gasteiger partial charge on any atom is 0.392 e. The van der Waals surface area contributed by atoms with E-state index in [-0.39, 0.29) is 5.89 Å². The van der Waals surface area contributed by atoms with Crippen LogP contribution in [0.4, 0.5) is 0 Å². The zero-order valence-electron chi connectivity index (χ0n) is 10.6. The summed E-state index contributed by atoms with van der Waals surface area (Å²) in [6.45, 7) is 2.80. The first-order chi connectivity index (χ1) is 9.20. The third kappa shape index (κ3) is 3.34. The summed E-state index contributed by atoms with van der Waals surface area (Å²) in [6.07, 6.45) is 3.51. The molecule has 0 unspecified atom stereocenters. The van der Waals surface area contributed by atoms with Gasteiger partial charge in [0, 0.05) is 5.56 Å². The summed E-state index contributed by atoms with van der Waals surface area (Å²) in [5.41, 5.74) is 0.767. The minimum Gasteiger partial charge on any atom is -0.494 e. The number of nitrogens with zero attached hydrogens (tertiary/aromatic N) is 1. The number of aromatic carboxylic acids is 1. The number of oxazole rings is 1. The molecule has 100 valence electrons. The summed E-state index contributed by atoms with van der Waals surface area (Å²) >= 11 is 0. The van der Waals surface area contributed by atoms with Gasteiger partial charge in [0.05, 0.1) is 12.8 Å². The molecule has 0 saturated carbocycles. The molecule has 1 aromatic carbocycles. The lowest BCUT2D eigenvalue weighted by Crippen LogP contribution is -1.95. The highest BCUT2D eigenvalue weighted by Gasteiger charge is 2.12. The Labute approximate surface area is 110 Å². The third-order valence-electron chi connectivity index (χ3n) is 2.59. The lowest BCUT2D eigenvalue weighted by atomic mass is 10.2.